The summed E-state index contributed by atoms with van der Waals surface area (Å²) in [5, 5.41) is 9.52. The van der Waals surface area contributed by atoms with Gasteiger partial charge in [0.2, 0.25) is 5.91 Å². The first-order valence-electron chi connectivity index (χ1n) is 7.35. The molecule has 1 heterocycles. The van der Waals surface area contributed by atoms with Gasteiger partial charge in [-0.15, -0.1) is 0 Å². The summed E-state index contributed by atoms with van der Waals surface area (Å²) in [4.78, 5) is 25.6. The highest BCUT2D eigenvalue weighted by Gasteiger charge is 2.46. The lowest BCUT2D eigenvalue weighted by Crippen LogP contribution is -2.36. The monoisotopic (exact) mass is 289 g/mol. The van der Waals surface area contributed by atoms with E-state index in [2.05, 4.69) is 12.1 Å². The van der Waals surface area contributed by atoms with Crippen LogP contribution in [0.5, 0.6) is 0 Å². The number of aliphatic carboxylic acids is 1. The number of carboxylic acid groups (broad SMARTS) is 1. The maximum atomic E-state index is 12.3. The number of likely N-dealkylation sites (tertiary alicyclic amines) is 1. The van der Waals surface area contributed by atoms with E-state index in [4.69, 9.17) is 0 Å². The fourth-order valence-electron chi connectivity index (χ4n) is 3.58. The van der Waals surface area contributed by atoms with Crippen molar-refractivity contribution in [3.8, 4) is 0 Å². The fourth-order valence-corrected chi connectivity index (χ4v) is 3.58. The first-order chi connectivity index (χ1) is 9.73. The van der Waals surface area contributed by atoms with E-state index in [1.54, 1.807) is 4.90 Å². The van der Waals surface area contributed by atoms with Crippen LogP contribution in [0.3, 0.4) is 0 Å². The summed E-state index contributed by atoms with van der Waals surface area (Å²) >= 11 is 0. The van der Waals surface area contributed by atoms with Crippen molar-refractivity contribution in [2.45, 2.75) is 53.1 Å². The van der Waals surface area contributed by atoms with Crippen molar-refractivity contribution in [1.82, 2.24) is 4.90 Å². The largest absolute Gasteiger partial charge is 0.481 e. The van der Waals surface area contributed by atoms with Crippen LogP contribution in [0, 0.1) is 26.7 Å². The second kappa shape index (κ2) is 5.51. The highest BCUT2D eigenvalue weighted by atomic mass is 16.4. The van der Waals surface area contributed by atoms with Crippen LogP contribution in [0.4, 0.5) is 0 Å². The number of hydrogen-bond donors (Lipinski definition) is 1. The van der Waals surface area contributed by atoms with Gasteiger partial charge in [0.1, 0.15) is 0 Å². The van der Waals surface area contributed by atoms with E-state index >= 15 is 0 Å². The minimum absolute atomic E-state index is 0.00745. The zero-order chi connectivity index (χ0) is 15.9. The summed E-state index contributed by atoms with van der Waals surface area (Å²) in [7, 11) is 0. The molecule has 4 heteroatoms. The first-order valence-corrected chi connectivity index (χ1v) is 7.35. The summed E-state index contributed by atoms with van der Waals surface area (Å²) < 4.78 is 0. The second-order valence-electron chi connectivity index (χ2n) is 6.30. The number of aryl methyl sites for hydroxylation is 3. The fraction of sp³-hybridized carbons (Fsp3) is 0.529. The molecule has 2 unspecified atom stereocenters. The van der Waals surface area contributed by atoms with Gasteiger partial charge in [0.25, 0.3) is 0 Å². The van der Waals surface area contributed by atoms with Crippen LogP contribution in [0.15, 0.2) is 12.1 Å². The molecule has 1 saturated heterocycles. The van der Waals surface area contributed by atoms with Crippen molar-refractivity contribution in [2.75, 3.05) is 0 Å². The summed E-state index contributed by atoms with van der Waals surface area (Å²) in [6.45, 7) is 9.89. The Morgan fingerprint density at radius 3 is 2.19 bits per heavy atom. The summed E-state index contributed by atoms with van der Waals surface area (Å²) in [6, 6.07) is 3.74. The number of benzene rings is 1. The van der Waals surface area contributed by atoms with E-state index in [1.807, 2.05) is 34.6 Å². The van der Waals surface area contributed by atoms with E-state index in [-0.39, 0.29) is 24.4 Å². The number of carbonyl (C=O) groups excluding carboxylic acids is 1. The van der Waals surface area contributed by atoms with Gasteiger partial charge < -0.3 is 10.0 Å². The van der Waals surface area contributed by atoms with Crippen LogP contribution in [0.25, 0.3) is 0 Å². The van der Waals surface area contributed by atoms with E-state index in [0.29, 0.717) is 0 Å². The molecule has 1 N–H and O–H groups in total. The molecule has 1 amide bonds. The lowest BCUT2D eigenvalue weighted by Gasteiger charge is -2.33. The lowest BCUT2D eigenvalue weighted by atomic mass is 9.86. The second-order valence-corrected chi connectivity index (χ2v) is 6.30. The van der Waals surface area contributed by atoms with Crippen molar-refractivity contribution in [2.24, 2.45) is 5.92 Å². The molecule has 1 aromatic rings. The van der Waals surface area contributed by atoms with Crippen LogP contribution in [0.1, 0.15) is 48.6 Å². The average molecular weight is 289 g/mol. The molecule has 0 aliphatic carbocycles. The highest BCUT2D eigenvalue weighted by Crippen LogP contribution is 2.42. The molecular formula is C17H23NO3. The van der Waals surface area contributed by atoms with Gasteiger partial charge in [-0.25, -0.2) is 0 Å². The van der Waals surface area contributed by atoms with Gasteiger partial charge in [0.15, 0.2) is 0 Å². The molecule has 4 nitrogen and oxygen atoms in total. The Labute approximate surface area is 125 Å². The predicted octanol–water partition coefficient (Wildman–Crippen LogP) is 2.99. The van der Waals surface area contributed by atoms with Gasteiger partial charge in [-0.3, -0.25) is 9.59 Å². The SMILES string of the molecule is Cc1cc(C)c(C2C(C(=O)O)CC(=O)N2C(C)C)c(C)c1. The van der Waals surface area contributed by atoms with Gasteiger partial charge in [-0.2, -0.15) is 0 Å². The van der Waals surface area contributed by atoms with Crippen molar-refractivity contribution in [1.29, 1.82) is 0 Å². The standard InChI is InChI=1S/C17H23NO3/c1-9(2)18-14(19)8-13(17(20)21)16(18)15-11(4)6-10(3)7-12(15)5/h6-7,9,13,16H,8H2,1-5H3,(H,20,21). The summed E-state index contributed by atoms with van der Waals surface area (Å²) in [6.07, 6.45) is 0.0882. The molecule has 0 radical (unpaired) electrons. The quantitative estimate of drug-likeness (QED) is 0.930. The Balaban J connectivity index is 2.61. The third-order valence-electron chi connectivity index (χ3n) is 4.27. The van der Waals surface area contributed by atoms with Crippen molar-refractivity contribution < 1.29 is 14.7 Å². The lowest BCUT2D eigenvalue weighted by molar-refractivity contribution is -0.142. The normalized spacial score (nSPS) is 22.2. The number of carboxylic acids is 1. The number of carbonyl (C=O) groups is 2. The van der Waals surface area contributed by atoms with E-state index in [1.165, 1.54) is 0 Å². The van der Waals surface area contributed by atoms with Crippen molar-refractivity contribution >= 4 is 11.9 Å². The van der Waals surface area contributed by atoms with Crippen LogP contribution in [0.2, 0.25) is 0 Å². The van der Waals surface area contributed by atoms with E-state index in [9.17, 15) is 14.7 Å². The van der Waals surface area contributed by atoms with Gasteiger partial charge >= 0.3 is 5.97 Å². The molecule has 1 aliphatic rings. The zero-order valence-electron chi connectivity index (χ0n) is 13.3. The van der Waals surface area contributed by atoms with Gasteiger partial charge in [0, 0.05) is 12.5 Å². The number of hydrogen-bond acceptors (Lipinski definition) is 2. The molecule has 1 aliphatic heterocycles. The zero-order valence-corrected chi connectivity index (χ0v) is 13.3. The number of amides is 1. The third-order valence-corrected chi connectivity index (χ3v) is 4.27. The Bertz CT molecular complexity index is 569. The molecule has 0 aromatic heterocycles. The molecule has 114 valence electrons. The van der Waals surface area contributed by atoms with Crippen LogP contribution in [-0.2, 0) is 9.59 Å². The smallest absolute Gasteiger partial charge is 0.309 e. The van der Waals surface area contributed by atoms with E-state index in [0.717, 1.165) is 22.3 Å². The Hall–Kier alpha value is -1.84. The van der Waals surface area contributed by atoms with Gasteiger partial charge in [0.05, 0.1) is 12.0 Å². The minimum Gasteiger partial charge on any atom is -0.481 e. The number of rotatable bonds is 3. The minimum atomic E-state index is -0.893. The topological polar surface area (TPSA) is 57.6 Å². The molecule has 2 rings (SSSR count). The van der Waals surface area contributed by atoms with Crippen LogP contribution in [-0.4, -0.2) is 27.9 Å². The first kappa shape index (κ1) is 15.5. The average Bonchev–Trinajstić information content (AvgIpc) is 2.65. The van der Waals surface area contributed by atoms with Crippen LogP contribution < -0.4 is 0 Å². The highest BCUT2D eigenvalue weighted by molar-refractivity contribution is 5.87. The predicted molar refractivity (Wildman–Crippen MR) is 81.1 cm³/mol. The summed E-state index contributed by atoms with van der Waals surface area (Å²) in [5.74, 6) is -1.63. The molecular weight excluding hydrogens is 266 g/mol. The molecule has 0 saturated carbocycles. The maximum Gasteiger partial charge on any atom is 0.309 e. The van der Waals surface area contributed by atoms with Gasteiger partial charge in [-0.1, -0.05) is 17.7 Å². The Morgan fingerprint density at radius 1 is 1.24 bits per heavy atom. The summed E-state index contributed by atoms with van der Waals surface area (Å²) in [5.41, 5.74) is 4.27. The molecule has 1 fully saturated rings. The number of nitrogens with zero attached hydrogens (tertiary/aromatic N) is 1. The molecule has 1 aromatic carbocycles. The van der Waals surface area contributed by atoms with E-state index < -0.39 is 11.9 Å². The maximum absolute atomic E-state index is 12.3. The Morgan fingerprint density at radius 2 is 1.76 bits per heavy atom. The van der Waals surface area contributed by atoms with Gasteiger partial charge in [-0.05, 0) is 51.3 Å². The van der Waals surface area contributed by atoms with Crippen molar-refractivity contribution in [3.05, 3.63) is 34.4 Å². The van der Waals surface area contributed by atoms with Crippen molar-refractivity contribution in [3.63, 3.8) is 0 Å². The molecule has 2 atom stereocenters. The third kappa shape index (κ3) is 2.67. The van der Waals surface area contributed by atoms with Crippen LogP contribution >= 0.6 is 0 Å². The molecule has 0 bridgehead atoms. The molecule has 21 heavy (non-hydrogen) atoms. The Kier molecular flexibility index (Phi) is 4.08. The molecule has 0 spiro atoms.